The van der Waals surface area contributed by atoms with Gasteiger partial charge in [0.15, 0.2) is 6.10 Å². The normalized spacial score (nSPS) is 14.6. The number of rotatable bonds is 1. The van der Waals surface area contributed by atoms with Crippen LogP contribution >= 0.6 is 0 Å². The van der Waals surface area contributed by atoms with Crippen LogP contribution in [0.4, 0.5) is 13.2 Å². The van der Waals surface area contributed by atoms with Gasteiger partial charge in [-0.15, -0.1) is 0 Å². The first kappa shape index (κ1) is 10.1. The van der Waals surface area contributed by atoms with Crippen LogP contribution in [0.25, 0.3) is 0 Å². The zero-order valence-corrected chi connectivity index (χ0v) is 7.14. The molecule has 0 amide bonds. The number of aliphatic hydroxyl groups excluding tert-OH is 1. The average Bonchev–Trinajstić information content (AvgIpc) is 2.26. The maximum absolute atomic E-state index is 12.0. The summed E-state index contributed by atoms with van der Waals surface area (Å²) in [6.45, 7) is 2.91. The van der Waals surface area contributed by atoms with E-state index in [4.69, 9.17) is 9.52 Å². The van der Waals surface area contributed by atoms with Crippen molar-refractivity contribution in [3.05, 3.63) is 23.2 Å². The fourth-order valence-corrected chi connectivity index (χ4v) is 1.10. The van der Waals surface area contributed by atoms with Gasteiger partial charge in [-0.05, 0) is 19.9 Å². The maximum Gasteiger partial charge on any atom is 0.418 e. The van der Waals surface area contributed by atoms with Gasteiger partial charge in [-0.25, -0.2) is 0 Å². The molecule has 1 aromatic rings. The lowest BCUT2D eigenvalue weighted by atomic mass is 10.1. The van der Waals surface area contributed by atoms with Crippen LogP contribution < -0.4 is 0 Å². The van der Waals surface area contributed by atoms with Crippen molar-refractivity contribution in [1.29, 1.82) is 0 Å². The second-order valence-corrected chi connectivity index (χ2v) is 2.81. The molecule has 1 N–H and O–H groups in total. The standard InChI is InChI=1S/C8H9F3O2/c1-4-3-6(5(2)13-4)7(12)8(9,10)11/h3,7,12H,1-2H3. The van der Waals surface area contributed by atoms with Gasteiger partial charge < -0.3 is 9.52 Å². The van der Waals surface area contributed by atoms with Crippen molar-refractivity contribution >= 4 is 0 Å². The van der Waals surface area contributed by atoms with Gasteiger partial charge in [-0.2, -0.15) is 13.2 Å². The summed E-state index contributed by atoms with van der Waals surface area (Å²) < 4.78 is 41.0. The highest BCUT2D eigenvalue weighted by atomic mass is 19.4. The van der Waals surface area contributed by atoms with E-state index in [1.807, 2.05) is 0 Å². The molecule has 1 heterocycles. The molecule has 1 atom stereocenters. The second-order valence-electron chi connectivity index (χ2n) is 2.81. The van der Waals surface area contributed by atoms with E-state index >= 15 is 0 Å². The summed E-state index contributed by atoms with van der Waals surface area (Å²) in [5.74, 6) is 0.457. The summed E-state index contributed by atoms with van der Waals surface area (Å²) in [5.41, 5.74) is -0.218. The van der Waals surface area contributed by atoms with Crippen LogP contribution in [0.5, 0.6) is 0 Å². The van der Waals surface area contributed by atoms with Gasteiger partial charge >= 0.3 is 6.18 Å². The number of halogens is 3. The molecular formula is C8H9F3O2. The Balaban J connectivity index is 3.01. The second kappa shape index (κ2) is 3.06. The molecule has 74 valence electrons. The third-order valence-electron chi connectivity index (χ3n) is 1.68. The number of furan rings is 1. The number of aliphatic hydroxyl groups is 1. The minimum absolute atomic E-state index is 0.0994. The van der Waals surface area contributed by atoms with Gasteiger partial charge in [0, 0.05) is 5.56 Å². The summed E-state index contributed by atoms with van der Waals surface area (Å²) in [5, 5.41) is 8.87. The Morgan fingerprint density at radius 3 is 2.23 bits per heavy atom. The van der Waals surface area contributed by atoms with Crippen LogP contribution in [-0.4, -0.2) is 11.3 Å². The summed E-state index contributed by atoms with van der Waals surface area (Å²) in [6, 6.07) is 1.19. The first-order valence-corrected chi connectivity index (χ1v) is 3.64. The minimum atomic E-state index is -4.64. The Bertz CT molecular complexity index is 301. The third-order valence-corrected chi connectivity index (χ3v) is 1.68. The van der Waals surface area contributed by atoms with Crippen LogP contribution in [0.1, 0.15) is 23.2 Å². The largest absolute Gasteiger partial charge is 0.466 e. The SMILES string of the molecule is Cc1cc(C(O)C(F)(F)F)c(C)o1. The number of aryl methyl sites for hydroxylation is 2. The first-order chi connectivity index (χ1) is 5.82. The lowest BCUT2D eigenvalue weighted by molar-refractivity contribution is -0.207. The fraction of sp³-hybridized carbons (Fsp3) is 0.500. The Labute approximate surface area is 73.0 Å². The highest BCUT2D eigenvalue weighted by Gasteiger charge is 2.41. The van der Waals surface area contributed by atoms with E-state index in [2.05, 4.69) is 0 Å². The molecule has 0 fully saturated rings. The molecule has 0 aliphatic rings. The molecule has 0 bridgehead atoms. The zero-order valence-electron chi connectivity index (χ0n) is 7.14. The molecular weight excluding hydrogens is 185 g/mol. The molecule has 0 spiro atoms. The van der Waals surface area contributed by atoms with Gasteiger partial charge in [-0.3, -0.25) is 0 Å². The number of hydrogen-bond donors (Lipinski definition) is 1. The Morgan fingerprint density at radius 1 is 1.38 bits per heavy atom. The molecule has 2 nitrogen and oxygen atoms in total. The minimum Gasteiger partial charge on any atom is -0.466 e. The Kier molecular flexibility index (Phi) is 2.38. The maximum atomic E-state index is 12.0. The van der Waals surface area contributed by atoms with Gasteiger partial charge in [-0.1, -0.05) is 0 Å². The van der Waals surface area contributed by atoms with Crippen LogP contribution in [0.3, 0.4) is 0 Å². The van der Waals surface area contributed by atoms with E-state index in [1.54, 1.807) is 0 Å². The lowest BCUT2D eigenvalue weighted by Gasteiger charge is -2.12. The molecule has 0 radical (unpaired) electrons. The van der Waals surface area contributed by atoms with E-state index in [9.17, 15) is 13.2 Å². The van der Waals surface area contributed by atoms with E-state index < -0.39 is 12.3 Å². The number of alkyl halides is 3. The van der Waals surface area contributed by atoms with Crippen LogP contribution in [-0.2, 0) is 0 Å². The molecule has 1 aromatic heterocycles. The molecule has 0 saturated heterocycles. The third kappa shape index (κ3) is 2.03. The zero-order chi connectivity index (χ0) is 10.2. The smallest absolute Gasteiger partial charge is 0.418 e. The van der Waals surface area contributed by atoms with E-state index in [1.165, 1.54) is 19.9 Å². The van der Waals surface area contributed by atoms with Crippen LogP contribution in [0, 0.1) is 13.8 Å². The Morgan fingerprint density at radius 2 is 1.92 bits per heavy atom. The van der Waals surface area contributed by atoms with Gasteiger partial charge in [0.25, 0.3) is 0 Å². The lowest BCUT2D eigenvalue weighted by Crippen LogP contribution is -2.20. The molecule has 13 heavy (non-hydrogen) atoms. The summed E-state index contributed by atoms with van der Waals surface area (Å²) in [6.07, 6.45) is -7.09. The molecule has 5 heteroatoms. The van der Waals surface area contributed by atoms with Crippen molar-refractivity contribution in [3.63, 3.8) is 0 Å². The molecule has 1 unspecified atom stereocenters. The summed E-state index contributed by atoms with van der Waals surface area (Å²) in [7, 11) is 0. The molecule has 1 rings (SSSR count). The van der Waals surface area contributed by atoms with Crippen molar-refractivity contribution in [2.45, 2.75) is 26.1 Å². The van der Waals surface area contributed by atoms with Crippen molar-refractivity contribution < 1.29 is 22.7 Å². The van der Waals surface area contributed by atoms with Gasteiger partial charge in [0.2, 0.25) is 0 Å². The van der Waals surface area contributed by atoms with E-state index in [0.717, 1.165) is 0 Å². The molecule has 0 aromatic carbocycles. The van der Waals surface area contributed by atoms with Crippen molar-refractivity contribution in [3.8, 4) is 0 Å². The quantitative estimate of drug-likeness (QED) is 0.745. The summed E-state index contributed by atoms with van der Waals surface area (Å²) in [4.78, 5) is 0. The predicted octanol–water partition coefficient (Wildman–Crippen LogP) is 2.49. The highest BCUT2D eigenvalue weighted by molar-refractivity contribution is 5.23. The van der Waals surface area contributed by atoms with Crippen LogP contribution in [0.2, 0.25) is 0 Å². The summed E-state index contributed by atoms with van der Waals surface area (Å²) >= 11 is 0. The fourth-order valence-electron chi connectivity index (χ4n) is 1.10. The number of hydrogen-bond acceptors (Lipinski definition) is 2. The average molecular weight is 194 g/mol. The van der Waals surface area contributed by atoms with Crippen molar-refractivity contribution in [1.82, 2.24) is 0 Å². The topological polar surface area (TPSA) is 33.4 Å². The molecule has 0 aliphatic heterocycles. The van der Waals surface area contributed by atoms with E-state index in [-0.39, 0.29) is 11.3 Å². The monoisotopic (exact) mass is 194 g/mol. The molecule has 0 saturated carbocycles. The van der Waals surface area contributed by atoms with E-state index in [0.29, 0.717) is 5.76 Å². The first-order valence-electron chi connectivity index (χ1n) is 3.64. The van der Waals surface area contributed by atoms with Crippen molar-refractivity contribution in [2.24, 2.45) is 0 Å². The Hall–Kier alpha value is -0.970. The molecule has 0 aliphatic carbocycles. The van der Waals surface area contributed by atoms with Crippen LogP contribution in [0.15, 0.2) is 10.5 Å². The predicted molar refractivity (Wildman–Crippen MR) is 39.2 cm³/mol. The van der Waals surface area contributed by atoms with Crippen molar-refractivity contribution in [2.75, 3.05) is 0 Å². The van der Waals surface area contributed by atoms with Gasteiger partial charge in [0.05, 0.1) is 0 Å². The highest BCUT2D eigenvalue weighted by Crippen LogP contribution is 2.34. The van der Waals surface area contributed by atoms with Gasteiger partial charge in [0.1, 0.15) is 11.5 Å².